The van der Waals surface area contributed by atoms with Crippen LogP contribution in [0.25, 0.3) is 0 Å². The zero-order chi connectivity index (χ0) is 29.6. The highest BCUT2D eigenvalue weighted by Gasteiger charge is 2.42. The number of esters is 1. The first-order valence-electron chi connectivity index (χ1n) is 12.5. The number of amides is 2. The van der Waals surface area contributed by atoms with Crippen LogP contribution in [0.2, 0.25) is 0 Å². The van der Waals surface area contributed by atoms with Crippen LogP contribution < -0.4 is 20.1 Å². The van der Waals surface area contributed by atoms with E-state index in [1.807, 2.05) is 0 Å². The fourth-order valence-corrected chi connectivity index (χ4v) is 4.27. The summed E-state index contributed by atoms with van der Waals surface area (Å²) in [7, 11) is 4.24. The molecule has 3 rings (SSSR count). The Kier molecular flexibility index (Phi) is 9.40. The molecule has 13 heteroatoms. The summed E-state index contributed by atoms with van der Waals surface area (Å²) in [5.41, 5.74) is 0.00245. The Hall–Kier alpha value is -4.55. The Morgan fingerprint density at radius 2 is 1.75 bits per heavy atom. The first-order valence-corrected chi connectivity index (χ1v) is 12.5. The molecular weight excluding hydrogens is 524 g/mol. The Labute approximate surface area is 231 Å². The number of methoxy groups -OCH3 is 3. The number of likely N-dealkylation sites (tertiary alicyclic amines) is 1. The molecule has 0 aromatic heterocycles. The van der Waals surface area contributed by atoms with Crippen molar-refractivity contribution < 1.29 is 38.3 Å². The third kappa shape index (κ3) is 7.30. The standard InChI is InChI=1S/C27H34N4O9/c1-27(2,3)40-26(34)30-15-17(12-21(30)25(33)39-6)29-20-9-8-18(31(35)36)13-19(20)24(32)28-14-16-7-10-22(37-4)23(11-16)38-5/h7-11,13,17,21,29H,12,14-15H2,1-6H3,(H,28,32)/t17-,21-/m0/s1. The van der Waals surface area contributed by atoms with Gasteiger partial charge in [-0.25, -0.2) is 9.59 Å². The van der Waals surface area contributed by atoms with Crippen molar-refractivity contribution in [1.29, 1.82) is 0 Å². The Morgan fingerprint density at radius 3 is 2.35 bits per heavy atom. The third-order valence-electron chi connectivity index (χ3n) is 6.12. The average molecular weight is 559 g/mol. The molecule has 40 heavy (non-hydrogen) atoms. The fourth-order valence-electron chi connectivity index (χ4n) is 4.27. The minimum atomic E-state index is -0.905. The highest BCUT2D eigenvalue weighted by Crippen LogP contribution is 2.29. The highest BCUT2D eigenvalue weighted by atomic mass is 16.6. The van der Waals surface area contributed by atoms with Gasteiger partial charge in [-0.2, -0.15) is 0 Å². The van der Waals surface area contributed by atoms with Gasteiger partial charge in [-0.1, -0.05) is 6.07 Å². The van der Waals surface area contributed by atoms with Gasteiger partial charge >= 0.3 is 12.1 Å². The van der Waals surface area contributed by atoms with Crippen molar-refractivity contribution in [2.75, 3.05) is 33.2 Å². The molecule has 1 aliphatic heterocycles. The zero-order valence-electron chi connectivity index (χ0n) is 23.3. The van der Waals surface area contributed by atoms with Crippen LogP contribution in [0.15, 0.2) is 36.4 Å². The molecule has 1 aliphatic rings. The number of nitro groups is 1. The Balaban J connectivity index is 1.83. The molecule has 1 fully saturated rings. The summed E-state index contributed by atoms with van der Waals surface area (Å²) in [5, 5.41) is 17.4. The van der Waals surface area contributed by atoms with E-state index in [0.717, 1.165) is 5.56 Å². The number of non-ortho nitro benzene ring substituents is 1. The normalized spacial score (nSPS) is 16.6. The van der Waals surface area contributed by atoms with Gasteiger partial charge in [0, 0.05) is 43.4 Å². The second-order valence-electron chi connectivity index (χ2n) is 10.1. The number of hydrogen-bond donors (Lipinski definition) is 2. The summed E-state index contributed by atoms with van der Waals surface area (Å²) < 4.78 is 20.9. The van der Waals surface area contributed by atoms with E-state index >= 15 is 0 Å². The molecule has 0 aliphatic carbocycles. The molecule has 0 bridgehead atoms. The molecule has 0 radical (unpaired) electrons. The number of rotatable bonds is 9. The molecule has 2 atom stereocenters. The summed E-state index contributed by atoms with van der Waals surface area (Å²) in [6.45, 7) is 5.34. The summed E-state index contributed by atoms with van der Waals surface area (Å²) in [6.07, 6.45) is -0.501. The summed E-state index contributed by atoms with van der Waals surface area (Å²) in [5.74, 6) is -0.146. The molecule has 1 saturated heterocycles. The van der Waals surface area contributed by atoms with Gasteiger partial charge in [0.15, 0.2) is 11.5 Å². The predicted octanol–water partition coefficient (Wildman–Crippen LogP) is 3.50. The van der Waals surface area contributed by atoms with Crippen molar-refractivity contribution in [3.8, 4) is 11.5 Å². The SMILES string of the molecule is COC(=O)[C@@H]1C[C@H](Nc2ccc([N+](=O)[O-])cc2C(=O)NCc2ccc(OC)c(OC)c2)CN1C(=O)OC(C)(C)C. The molecule has 216 valence electrons. The number of ether oxygens (including phenoxy) is 4. The quantitative estimate of drug-likeness (QED) is 0.265. The zero-order valence-corrected chi connectivity index (χ0v) is 23.3. The second kappa shape index (κ2) is 12.5. The van der Waals surface area contributed by atoms with E-state index in [-0.39, 0.29) is 30.8 Å². The molecule has 0 spiro atoms. The molecular formula is C27H34N4O9. The number of hydrogen-bond acceptors (Lipinski definition) is 10. The summed E-state index contributed by atoms with van der Waals surface area (Å²) in [4.78, 5) is 50.6. The van der Waals surface area contributed by atoms with Crippen molar-refractivity contribution in [3.63, 3.8) is 0 Å². The van der Waals surface area contributed by atoms with Crippen molar-refractivity contribution in [3.05, 3.63) is 57.6 Å². The topological polar surface area (TPSA) is 159 Å². The lowest BCUT2D eigenvalue weighted by atomic mass is 10.1. The maximum Gasteiger partial charge on any atom is 0.411 e. The molecule has 2 N–H and O–H groups in total. The van der Waals surface area contributed by atoms with E-state index in [1.165, 1.54) is 44.4 Å². The van der Waals surface area contributed by atoms with Gasteiger partial charge in [0.25, 0.3) is 11.6 Å². The first-order chi connectivity index (χ1) is 18.9. The average Bonchev–Trinajstić information content (AvgIpc) is 3.34. The lowest BCUT2D eigenvalue weighted by Gasteiger charge is -2.27. The maximum absolute atomic E-state index is 13.2. The Morgan fingerprint density at radius 1 is 1.05 bits per heavy atom. The summed E-state index contributed by atoms with van der Waals surface area (Å²) in [6, 6.07) is 7.65. The number of nitro benzene ring substituents is 1. The van der Waals surface area contributed by atoms with Gasteiger partial charge in [0.2, 0.25) is 0 Å². The van der Waals surface area contributed by atoms with Gasteiger partial charge in [0.05, 0.1) is 31.8 Å². The van der Waals surface area contributed by atoms with E-state index < -0.39 is 40.6 Å². The van der Waals surface area contributed by atoms with Crippen molar-refractivity contribution in [1.82, 2.24) is 10.2 Å². The number of benzene rings is 2. The molecule has 13 nitrogen and oxygen atoms in total. The first kappa shape index (κ1) is 30.0. The molecule has 2 aromatic rings. The maximum atomic E-state index is 13.2. The van der Waals surface area contributed by atoms with Gasteiger partial charge in [-0.3, -0.25) is 19.8 Å². The third-order valence-corrected chi connectivity index (χ3v) is 6.12. The number of carbonyl (C=O) groups is 3. The fraction of sp³-hybridized carbons (Fsp3) is 0.444. The predicted molar refractivity (Wildman–Crippen MR) is 145 cm³/mol. The van der Waals surface area contributed by atoms with Crippen LogP contribution in [0.3, 0.4) is 0 Å². The minimum Gasteiger partial charge on any atom is -0.493 e. The van der Waals surface area contributed by atoms with Gasteiger partial charge in [0.1, 0.15) is 11.6 Å². The molecule has 2 amide bonds. The van der Waals surface area contributed by atoms with Gasteiger partial charge in [-0.15, -0.1) is 0 Å². The van der Waals surface area contributed by atoms with Crippen LogP contribution in [-0.4, -0.2) is 73.4 Å². The summed E-state index contributed by atoms with van der Waals surface area (Å²) >= 11 is 0. The molecule has 1 heterocycles. The van der Waals surface area contributed by atoms with Crippen molar-refractivity contribution >= 4 is 29.3 Å². The van der Waals surface area contributed by atoms with E-state index in [2.05, 4.69) is 10.6 Å². The molecule has 0 unspecified atom stereocenters. The molecule has 0 saturated carbocycles. The van der Waals surface area contributed by atoms with Crippen LogP contribution >= 0.6 is 0 Å². The lowest BCUT2D eigenvalue weighted by Crippen LogP contribution is -2.44. The van der Waals surface area contributed by atoms with E-state index in [1.54, 1.807) is 39.0 Å². The largest absolute Gasteiger partial charge is 0.493 e. The van der Waals surface area contributed by atoms with Crippen LogP contribution in [0, 0.1) is 10.1 Å². The van der Waals surface area contributed by atoms with Gasteiger partial charge < -0.3 is 29.6 Å². The van der Waals surface area contributed by atoms with Crippen LogP contribution in [-0.2, 0) is 20.8 Å². The number of nitrogens with one attached hydrogen (secondary N) is 2. The van der Waals surface area contributed by atoms with Crippen molar-refractivity contribution in [2.24, 2.45) is 0 Å². The second-order valence-corrected chi connectivity index (χ2v) is 10.1. The van der Waals surface area contributed by atoms with E-state index in [4.69, 9.17) is 18.9 Å². The lowest BCUT2D eigenvalue weighted by molar-refractivity contribution is -0.384. The van der Waals surface area contributed by atoms with Crippen LogP contribution in [0.4, 0.5) is 16.2 Å². The van der Waals surface area contributed by atoms with Crippen molar-refractivity contribution in [2.45, 2.75) is 51.4 Å². The smallest absolute Gasteiger partial charge is 0.411 e. The number of nitrogens with zero attached hydrogens (tertiary/aromatic N) is 2. The van der Waals surface area contributed by atoms with Crippen LogP contribution in [0.1, 0.15) is 43.1 Å². The van der Waals surface area contributed by atoms with Gasteiger partial charge in [-0.05, 0) is 44.5 Å². The minimum absolute atomic E-state index is 0.0278. The highest BCUT2D eigenvalue weighted by molar-refractivity contribution is 6.00. The Bertz CT molecular complexity index is 1280. The number of carbonyl (C=O) groups excluding carboxylic acids is 3. The number of anilines is 1. The monoisotopic (exact) mass is 558 g/mol. The van der Waals surface area contributed by atoms with E-state index in [0.29, 0.717) is 17.2 Å². The van der Waals surface area contributed by atoms with E-state index in [9.17, 15) is 24.5 Å². The van der Waals surface area contributed by atoms with Crippen LogP contribution in [0.5, 0.6) is 11.5 Å². The molecule has 2 aromatic carbocycles.